The molecule has 4 aromatic carbocycles. The van der Waals surface area contributed by atoms with Gasteiger partial charge >= 0.3 is 0 Å². The van der Waals surface area contributed by atoms with Gasteiger partial charge in [-0.2, -0.15) is 0 Å². The van der Waals surface area contributed by atoms with Gasteiger partial charge in [0.25, 0.3) is 0 Å². The van der Waals surface area contributed by atoms with Crippen LogP contribution in [0.3, 0.4) is 0 Å². The van der Waals surface area contributed by atoms with Gasteiger partial charge in [0.05, 0.1) is 11.0 Å². The van der Waals surface area contributed by atoms with Crippen molar-refractivity contribution in [3.63, 3.8) is 0 Å². The maximum atomic E-state index is 2.48. The summed E-state index contributed by atoms with van der Waals surface area (Å²) in [4.78, 5) is 1.43. The van der Waals surface area contributed by atoms with Gasteiger partial charge in [-0.15, -0.1) is 22.7 Å². The third kappa shape index (κ3) is 2.54. The fourth-order valence-electron chi connectivity index (χ4n) is 5.73. The van der Waals surface area contributed by atoms with Crippen molar-refractivity contribution in [2.45, 2.75) is 19.8 Å². The van der Waals surface area contributed by atoms with E-state index in [1.54, 1.807) is 0 Å². The molecule has 0 spiro atoms. The summed E-state index contributed by atoms with van der Waals surface area (Å²) in [6.07, 6.45) is 6.93. The summed E-state index contributed by atoms with van der Waals surface area (Å²) < 4.78 is 6.58. The molecule has 162 valence electrons. The predicted molar refractivity (Wildman–Crippen MR) is 151 cm³/mol. The topological polar surface area (TPSA) is 4.93 Å². The largest absolute Gasteiger partial charge is 0.309 e. The number of nitrogens with zero attached hydrogens (tertiary/aromatic N) is 1. The van der Waals surface area contributed by atoms with E-state index in [1.807, 2.05) is 22.7 Å². The van der Waals surface area contributed by atoms with E-state index in [0.717, 1.165) is 12.8 Å². The Balaban J connectivity index is 1.49. The van der Waals surface area contributed by atoms with Crippen LogP contribution in [0.2, 0.25) is 0 Å². The van der Waals surface area contributed by atoms with E-state index in [4.69, 9.17) is 0 Å². The second kappa shape index (κ2) is 6.82. The number of aromatic nitrogens is 1. The Labute approximate surface area is 205 Å². The van der Waals surface area contributed by atoms with Crippen molar-refractivity contribution in [3.05, 3.63) is 94.9 Å². The highest BCUT2D eigenvalue weighted by molar-refractivity contribution is 7.25. The molecule has 0 amide bonds. The van der Waals surface area contributed by atoms with E-state index < -0.39 is 0 Å². The molecule has 0 N–H and O–H groups in total. The van der Waals surface area contributed by atoms with Crippen LogP contribution in [0, 0.1) is 6.92 Å². The quantitative estimate of drug-likeness (QED) is 0.225. The van der Waals surface area contributed by atoms with Crippen molar-refractivity contribution >= 4 is 80.8 Å². The van der Waals surface area contributed by atoms with E-state index in [0.29, 0.717) is 0 Å². The molecule has 1 nitrogen and oxygen atoms in total. The zero-order valence-corrected chi connectivity index (χ0v) is 20.4. The van der Waals surface area contributed by atoms with Gasteiger partial charge < -0.3 is 4.57 Å². The fraction of sp³-hybridized carbons (Fsp3) is 0.0968. The fourth-order valence-corrected chi connectivity index (χ4v) is 8.07. The Kier molecular flexibility index (Phi) is 3.80. The highest BCUT2D eigenvalue weighted by Crippen LogP contribution is 2.42. The number of allylic oxidation sites excluding steroid dienone is 1. The molecule has 0 bridgehead atoms. The van der Waals surface area contributed by atoms with Gasteiger partial charge in [0.15, 0.2) is 0 Å². The van der Waals surface area contributed by atoms with E-state index >= 15 is 0 Å². The van der Waals surface area contributed by atoms with Crippen LogP contribution in [0.5, 0.6) is 0 Å². The first-order chi connectivity index (χ1) is 16.7. The van der Waals surface area contributed by atoms with Crippen LogP contribution in [-0.4, -0.2) is 4.57 Å². The highest BCUT2D eigenvalue weighted by Gasteiger charge is 2.18. The van der Waals surface area contributed by atoms with Crippen molar-refractivity contribution in [1.29, 1.82) is 0 Å². The van der Waals surface area contributed by atoms with Crippen LogP contribution in [-0.2, 0) is 6.42 Å². The monoisotopic (exact) mass is 471 g/mol. The van der Waals surface area contributed by atoms with Crippen molar-refractivity contribution in [2.75, 3.05) is 0 Å². The molecule has 0 radical (unpaired) electrons. The minimum Gasteiger partial charge on any atom is -0.309 e. The average molecular weight is 472 g/mol. The zero-order chi connectivity index (χ0) is 22.4. The van der Waals surface area contributed by atoms with Crippen LogP contribution in [0.15, 0.2) is 78.9 Å². The van der Waals surface area contributed by atoms with Crippen molar-refractivity contribution < 1.29 is 0 Å². The maximum Gasteiger partial charge on any atom is 0.0555 e. The number of benzene rings is 4. The molecule has 0 saturated heterocycles. The lowest BCUT2D eigenvalue weighted by atomic mass is 10.0. The van der Waals surface area contributed by atoms with Crippen LogP contribution in [0.4, 0.5) is 0 Å². The van der Waals surface area contributed by atoms with E-state index in [1.165, 1.54) is 73.8 Å². The Morgan fingerprint density at radius 2 is 1.53 bits per heavy atom. The summed E-state index contributed by atoms with van der Waals surface area (Å²) >= 11 is 3.83. The lowest BCUT2D eigenvalue weighted by molar-refractivity contribution is 1.01. The van der Waals surface area contributed by atoms with Gasteiger partial charge in [0.1, 0.15) is 0 Å². The number of fused-ring (bicyclic) bond motifs is 9. The lowest BCUT2D eigenvalue weighted by Crippen LogP contribution is -1.94. The SMILES string of the molecule is Cc1ccc2c3cc4c(cc3n(-c3ccc5c6c(sc5c3)C=CCC6)c2c1)sc1ccccc14. The molecule has 3 heteroatoms. The Morgan fingerprint density at radius 1 is 0.676 bits per heavy atom. The van der Waals surface area contributed by atoms with Crippen molar-refractivity contribution in [2.24, 2.45) is 0 Å². The smallest absolute Gasteiger partial charge is 0.0555 e. The van der Waals surface area contributed by atoms with Crippen molar-refractivity contribution in [3.8, 4) is 5.69 Å². The first kappa shape index (κ1) is 19.0. The number of thiophene rings is 2. The molecule has 0 aliphatic heterocycles. The highest BCUT2D eigenvalue weighted by atomic mass is 32.1. The first-order valence-corrected chi connectivity index (χ1v) is 13.5. The summed E-state index contributed by atoms with van der Waals surface area (Å²) in [7, 11) is 0. The van der Waals surface area contributed by atoms with E-state index in [-0.39, 0.29) is 0 Å². The number of rotatable bonds is 1. The van der Waals surface area contributed by atoms with E-state index in [2.05, 4.69) is 96.4 Å². The van der Waals surface area contributed by atoms with Crippen LogP contribution in [0.1, 0.15) is 22.4 Å². The third-order valence-corrected chi connectivity index (χ3v) is 9.61. The number of hydrogen-bond donors (Lipinski definition) is 0. The summed E-state index contributed by atoms with van der Waals surface area (Å²) in [6, 6.07) is 27.6. The number of hydrogen-bond acceptors (Lipinski definition) is 2. The van der Waals surface area contributed by atoms with Gasteiger partial charge in [-0.05, 0) is 78.8 Å². The van der Waals surface area contributed by atoms with Crippen molar-refractivity contribution in [1.82, 2.24) is 4.57 Å². The third-order valence-electron chi connectivity index (χ3n) is 7.32. The van der Waals surface area contributed by atoms with Gasteiger partial charge in [-0.1, -0.05) is 42.5 Å². The molecule has 1 aliphatic rings. The lowest BCUT2D eigenvalue weighted by Gasteiger charge is -2.09. The molecule has 0 saturated carbocycles. The second-order valence-electron chi connectivity index (χ2n) is 9.39. The first-order valence-electron chi connectivity index (χ1n) is 11.8. The van der Waals surface area contributed by atoms with Gasteiger partial charge in [-0.25, -0.2) is 0 Å². The predicted octanol–water partition coefficient (Wildman–Crippen LogP) is 9.63. The molecular weight excluding hydrogens is 450 g/mol. The van der Waals surface area contributed by atoms with Crippen LogP contribution in [0.25, 0.3) is 63.8 Å². The van der Waals surface area contributed by atoms with Gasteiger partial charge in [0, 0.05) is 46.2 Å². The molecule has 0 unspecified atom stereocenters. The molecule has 7 aromatic rings. The standard InChI is InChI=1S/C31H21NS2/c1-18-10-12-20-24-16-25-22-7-3-5-9-29(22)34-31(25)17-27(24)32(26(20)14-18)19-11-13-23-21-6-2-4-8-28(21)33-30(23)15-19/h3-5,7-17H,2,6H2,1H3. The average Bonchev–Trinajstić information content (AvgIpc) is 3.50. The minimum atomic E-state index is 1.15. The molecular formula is C31H21NS2. The molecule has 0 fully saturated rings. The van der Waals surface area contributed by atoms with Crippen LogP contribution < -0.4 is 0 Å². The maximum absolute atomic E-state index is 2.48. The normalized spacial score (nSPS) is 13.7. The Hall–Kier alpha value is -3.40. The molecule has 8 rings (SSSR count). The molecule has 0 atom stereocenters. The minimum absolute atomic E-state index is 1.15. The molecule has 1 aliphatic carbocycles. The molecule has 3 aromatic heterocycles. The van der Waals surface area contributed by atoms with Gasteiger partial charge in [-0.3, -0.25) is 0 Å². The Morgan fingerprint density at radius 3 is 2.50 bits per heavy atom. The van der Waals surface area contributed by atoms with E-state index in [9.17, 15) is 0 Å². The zero-order valence-electron chi connectivity index (χ0n) is 18.8. The number of aryl methyl sites for hydroxylation is 2. The second-order valence-corrected chi connectivity index (χ2v) is 11.6. The summed E-state index contributed by atoms with van der Waals surface area (Å²) in [6.45, 7) is 2.19. The Bertz CT molecular complexity index is 1980. The summed E-state index contributed by atoms with van der Waals surface area (Å²) in [5.74, 6) is 0. The van der Waals surface area contributed by atoms with Gasteiger partial charge in [0.2, 0.25) is 0 Å². The summed E-state index contributed by atoms with van der Waals surface area (Å²) in [5, 5.41) is 6.81. The molecule has 3 heterocycles. The summed E-state index contributed by atoms with van der Waals surface area (Å²) in [5.41, 5.74) is 6.65. The van der Waals surface area contributed by atoms with Crippen LogP contribution >= 0.6 is 22.7 Å². The molecule has 34 heavy (non-hydrogen) atoms.